The van der Waals surface area contributed by atoms with Gasteiger partial charge in [-0.2, -0.15) is 4.98 Å². The summed E-state index contributed by atoms with van der Waals surface area (Å²) in [5.41, 5.74) is 0.841. The number of amides is 1. The molecule has 0 radical (unpaired) electrons. The van der Waals surface area contributed by atoms with Crippen LogP contribution in [0.2, 0.25) is 0 Å². The summed E-state index contributed by atoms with van der Waals surface area (Å²) in [5, 5.41) is 3.09. The number of aryl methyl sites for hydroxylation is 1. The highest BCUT2D eigenvalue weighted by molar-refractivity contribution is 5.76. The number of carbonyl (C=O) groups excluding carboxylic acids is 1. The summed E-state index contributed by atoms with van der Waals surface area (Å²) in [6, 6.07) is 1.81. The maximum absolute atomic E-state index is 11.9. The number of nitrogens with zero attached hydrogens (tertiary/aromatic N) is 3. The first-order valence-corrected chi connectivity index (χ1v) is 7.60. The monoisotopic (exact) mass is 294 g/mol. The lowest BCUT2D eigenvalue weighted by Gasteiger charge is -2.18. The number of hydrogen-bond donors (Lipinski definition) is 1. The van der Waals surface area contributed by atoms with Crippen molar-refractivity contribution in [1.29, 1.82) is 0 Å². The summed E-state index contributed by atoms with van der Waals surface area (Å²) in [4.78, 5) is 22.3. The second-order valence-electron chi connectivity index (χ2n) is 4.76. The fourth-order valence-corrected chi connectivity index (χ4v) is 1.91. The van der Waals surface area contributed by atoms with Gasteiger partial charge in [0.25, 0.3) is 0 Å². The number of anilines is 1. The van der Waals surface area contributed by atoms with Crippen LogP contribution in [0.15, 0.2) is 6.07 Å². The molecular formula is C15H26N4O2. The quantitative estimate of drug-likeness (QED) is 0.756. The topological polar surface area (TPSA) is 67.3 Å². The lowest BCUT2D eigenvalue weighted by Crippen LogP contribution is -2.31. The second kappa shape index (κ2) is 9.15. The van der Waals surface area contributed by atoms with E-state index in [4.69, 9.17) is 4.74 Å². The first-order valence-electron chi connectivity index (χ1n) is 7.60. The number of nitrogens with one attached hydrogen (secondary N) is 1. The number of rotatable bonds is 9. The third-order valence-corrected chi connectivity index (χ3v) is 3.02. The molecule has 0 aliphatic rings. The molecule has 0 fully saturated rings. The summed E-state index contributed by atoms with van der Waals surface area (Å²) < 4.78 is 5.51. The lowest BCUT2D eigenvalue weighted by atomic mass is 10.3. The first kappa shape index (κ1) is 17.2. The van der Waals surface area contributed by atoms with Gasteiger partial charge in [-0.15, -0.1) is 0 Å². The molecular weight excluding hydrogens is 268 g/mol. The highest BCUT2D eigenvalue weighted by Gasteiger charge is 2.09. The molecule has 0 spiro atoms. The average molecular weight is 294 g/mol. The van der Waals surface area contributed by atoms with Gasteiger partial charge < -0.3 is 15.0 Å². The molecule has 0 aliphatic heterocycles. The van der Waals surface area contributed by atoms with Gasteiger partial charge in [0, 0.05) is 37.8 Å². The van der Waals surface area contributed by atoms with Crippen molar-refractivity contribution in [1.82, 2.24) is 14.9 Å². The van der Waals surface area contributed by atoms with Crippen molar-refractivity contribution in [3.05, 3.63) is 11.8 Å². The van der Waals surface area contributed by atoms with E-state index < -0.39 is 0 Å². The fraction of sp³-hybridized carbons (Fsp3) is 0.667. The zero-order valence-electron chi connectivity index (χ0n) is 13.5. The van der Waals surface area contributed by atoms with Crippen LogP contribution in [0.1, 0.15) is 39.3 Å². The minimum absolute atomic E-state index is 0.141. The van der Waals surface area contributed by atoms with Crippen molar-refractivity contribution < 1.29 is 9.53 Å². The van der Waals surface area contributed by atoms with Crippen LogP contribution < -0.4 is 10.1 Å². The first-order chi connectivity index (χ1) is 10.1. The molecule has 0 atom stereocenters. The van der Waals surface area contributed by atoms with Gasteiger partial charge in [0.15, 0.2) is 0 Å². The van der Waals surface area contributed by atoms with Gasteiger partial charge in [0.1, 0.15) is 0 Å². The Morgan fingerprint density at radius 2 is 2.00 bits per heavy atom. The molecule has 118 valence electrons. The highest BCUT2D eigenvalue weighted by Crippen LogP contribution is 2.12. The van der Waals surface area contributed by atoms with Crippen LogP contribution in [0, 0.1) is 6.92 Å². The maximum Gasteiger partial charge on any atom is 0.226 e. The Labute approximate surface area is 126 Å². The third-order valence-electron chi connectivity index (χ3n) is 3.02. The fourth-order valence-electron chi connectivity index (χ4n) is 1.91. The minimum atomic E-state index is 0.141. The van der Waals surface area contributed by atoms with E-state index in [2.05, 4.69) is 15.3 Å². The zero-order valence-corrected chi connectivity index (χ0v) is 13.5. The Morgan fingerprint density at radius 3 is 2.62 bits per heavy atom. The summed E-state index contributed by atoms with van der Waals surface area (Å²) in [5.74, 6) is 1.22. The zero-order chi connectivity index (χ0) is 15.7. The van der Waals surface area contributed by atoms with E-state index in [0.29, 0.717) is 31.4 Å². The Bertz CT molecular complexity index is 447. The van der Waals surface area contributed by atoms with Crippen LogP contribution in [-0.2, 0) is 4.79 Å². The molecule has 21 heavy (non-hydrogen) atoms. The molecule has 0 saturated carbocycles. The molecule has 1 amide bonds. The second-order valence-corrected chi connectivity index (χ2v) is 4.76. The molecule has 1 aromatic heterocycles. The van der Waals surface area contributed by atoms with Gasteiger partial charge in [0.2, 0.25) is 17.7 Å². The molecule has 0 unspecified atom stereocenters. The molecule has 1 heterocycles. The van der Waals surface area contributed by atoms with Crippen LogP contribution >= 0.6 is 0 Å². The molecule has 1 rings (SSSR count). The average Bonchev–Trinajstić information content (AvgIpc) is 2.46. The van der Waals surface area contributed by atoms with Crippen LogP contribution in [0.25, 0.3) is 0 Å². The molecule has 0 aromatic carbocycles. The van der Waals surface area contributed by atoms with Gasteiger partial charge in [0.05, 0.1) is 6.61 Å². The Kier molecular flexibility index (Phi) is 7.50. The molecule has 1 aromatic rings. The predicted octanol–water partition coefficient (Wildman–Crippen LogP) is 2.24. The molecule has 0 bridgehead atoms. The summed E-state index contributed by atoms with van der Waals surface area (Å²) in [7, 11) is 0. The summed E-state index contributed by atoms with van der Waals surface area (Å²) >= 11 is 0. The predicted molar refractivity (Wildman–Crippen MR) is 83.6 cm³/mol. The van der Waals surface area contributed by atoms with Gasteiger partial charge in [-0.1, -0.05) is 6.92 Å². The maximum atomic E-state index is 11.9. The molecule has 0 saturated heterocycles. The SMILES string of the molecule is CCCOc1cc(C)nc(NCCC(=O)N(CC)CC)n1. The van der Waals surface area contributed by atoms with Crippen molar-refractivity contribution in [2.45, 2.75) is 40.5 Å². The largest absolute Gasteiger partial charge is 0.478 e. The van der Waals surface area contributed by atoms with Gasteiger partial charge in [-0.05, 0) is 27.2 Å². The van der Waals surface area contributed by atoms with E-state index in [-0.39, 0.29) is 5.91 Å². The van der Waals surface area contributed by atoms with Crippen LogP contribution in [0.4, 0.5) is 5.95 Å². The smallest absolute Gasteiger partial charge is 0.226 e. The van der Waals surface area contributed by atoms with Crippen LogP contribution in [0.3, 0.4) is 0 Å². The van der Waals surface area contributed by atoms with E-state index in [0.717, 1.165) is 25.2 Å². The van der Waals surface area contributed by atoms with Gasteiger partial charge in [-0.25, -0.2) is 4.98 Å². The molecule has 6 heteroatoms. The lowest BCUT2D eigenvalue weighted by molar-refractivity contribution is -0.130. The van der Waals surface area contributed by atoms with Crippen LogP contribution in [-0.4, -0.2) is 47.0 Å². The van der Waals surface area contributed by atoms with Crippen molar-refractivity contribution in [3.63, 3.8) is 0 Å². The molecule has 1 N–H and O–H groups in total. The van der Waals surface area contributed by atoms with Crippen LogP contribution in [0.5, 0.6) is 5.88 Å². The van der Waals surface area contributed by atoms with Gasteiger partial charge >= 0.3 is 0 Å². The minimum Gasteiger partial charge on any atom is -0.478 e. The number of ether oxygens (including phenoxy) is 1. The Balaban J connectivity index is 2.51. The van der Waals surface area contributed by atoms with Crippen molar-refractivity contribution in [3.8, 4) is 5.88 Å². The number of carbonyl (C=O) groups is 1. The number of hydrogen-bond acceptors (Lipinski definition) is 5. The van der Waals surface area contributed by atoms with Crippen molar-refractivity contribution in [2.24, 2.45) is 0 Å². The third kappa shape index (κ3) is 5.97. The normalized spacial score (nSPS) is 10.3. The van der Waals surface area contributed by atoms with E-state index in [9.17, 15) is 4.79 Å². The Morgan fingerprint density at radius 1 is 1.29 bits per heavy atom. The van der Waals surface area contributed by atoms with Crippen molar-refractivity contribution in [2.75, 3.05) is 31.6 Å². The van der Waals surface area contributed by atoms with E-state index in [1.165, 1.54) is 0 Å². The van der Waals surface area contributed by atoms with E-state index >= 15 is 0 Å². The standard InChI is InChI=1S/C15H26N4O2/c1-5-10-21-13-11-12(4)17-15(18-13)16-9-8-14(20)19(6-2)7-3/h11H,5-10H2,1-4H3,(H,16,17,18). The Hall–Kier alpha value is -1.85. The van der Waals surface area contributed by atoms with Crippen molar-refractivity contribution >= 4 is 11.9 Å². The summed E-state index contributed by atoms with van der Waals surface area (Å²) in [6.45, 7) is 10.5. The van der Waals surface area contributed by atoms with E-state index in [1.807, 2.05) is 38.7 Å². The molecule has 6 nitrogen and oxygen atoms in total. The highest BCUT2D eigenvalue weighted by atomic mass is 16.5. The van der Waals surface area contributed by atoms with E-state index in [1.54, 1.807) is 0 Å². The van der Waals surface area contributed by atoms with Gasteiger partial charge in [-0.3, -0.25) is 4.79 Å². The number of aromatic nitrogens is 2. The summed E-state index contributed by atoms with van der Waals surface area (Å²) in [6.07, 6.45) is 1.37. The molecule has 0 aliphatic carbocycles.